The molecule has 0 radical (unpaired) electrons. The van der Waals surface area contributed by atoms with Crippen molar-refractivity contribution in [3.05, 3.63) is 34.9 Å². The van der Waals surface area contributed by atoms with Gasteiger partial charge < -0.3 is 0 Å². The van der Waals surface area contributed by atoms with Crippen LogP contribution in [-0.4, -0.2) is 34.6 Å². The first kappa shape index (κ1) is 16.4. The van der Waals surface area contributed by atoms with Crippen molar-refractivity contribution < 1.29 is 19.2 Å². The van der Waals surface area contributed by atoms with Crippen LogP contribution in [0.5, 0.6) is 0 Å². The van der Waals surface area contributed by atoms with Crippen LogP contribution in [0.25, 0.3) is 0 Å². The predicted molar refractivity (Wildman–Crippen MR) is 86.4 cm³/mol. The normalized spacial score (nSPS) is 22.0. The molecule has 6 heteroatoms. The van der Waals surface area contributed by atoms with Gasteiger partial charge in [-0.2, -0.15) is 0 Å². The summed E-state index contributed by atoms with van der Waals surface area (Å²) in [7, 11) is 0. The summed E-state index contributed by atoms with van der Waals surface area (Å²) in [6, 6.07) is 4.37. The largest absolute Gasteiger partial charge is 0.295 e. The second-order valence-electron chi connectivity index (χ2n) is 6.78. The van der Waals surface area contributed by atoms with E-state index in [0.717, 1.165) is 10.5 Å². The van der Waals surface area contributed by atoms with Crippen LogP contribution in [0, 0.1) is 5.92 Å². The van der Waals surface area contributed by atoms with E-state index in [0.29, 0.717) is 17.0 Å². The van der Waals surface area contributed by atoms with Gasteiger partial charge in [0.1, 0.15) is 6.04 Å². The fourth-order valence-electron chi connectivity index (χ4n) is 3.16. The highest BCUT2D eigenvalue weighted by Gasteiger charge is 2.44. The maximum atomic E-state index is 12.7. The average molecular weight is 328 g/mol. The summed E-state index contributed by atoms with van der Waals surface area (Å²) in [5, 5.41) is 2.19. The third-order valence-corrected chi connectivity index (χ3v) is 4.99. The quantitative estimate of drug-likeness (QED) is 0.858. The van der Waals surface area contributed by atoms with Crippen molar-refractivity contribution in [2.45, 2.75) is 45.6 Å². The molecule has 2 heterocycles. The third kappa shape index (κ3) is 2.52. The monoisotopic (exact) mass is 328 g/mol. The highest BCUT2D eigenvalue weighted by atomic mass is 16.2. The zero-order valence-corrected chi connectivity index (χ0v) is 14.0. The molecular weight excluding hydrogens is 308 g/mol. The number of nitrogens with zero attached hydrogens (tertiary/aromatic N) is 1. The van der Waals surface area contributed by atoms with Crippen LogP contribution in [0.1, 0.15) is 65.8 Å². The third-order valence-electron chi connectivity index (χ3n) is 4.99. The Morgan fingerprint density at radius 1 is 1.04 bits per heavy atom. The Labute approximate surface area is 140 Å². The van der Waals surface area contributed by atoms with Crippen molar-refractivity contribution in [2.24, 2.45) is 5.92 Å². The SMILES string of the molecule is CC(C)C(C)c1ccc2c(c1)C(=O)N([C@H]1CCC(=O)NC1=O)C2=O. The van der Waals surface area contributed by atoms with Gasteiger partial charge >= 0.3 is 0 Å². The van der Waals surface area contributed by atoms with Gasteiger partial charge in [-0.05, 0) is 36.0 Å². The van der Waals surface area contributed by atoms with E-state index in [4.69, 9.17) is 0 Å². The van der Waals surface area contributed by atoms with Crippen molar-refractivity contribution >= 4 is 23.6 Å². The molecule has 0 saturated carbocycles. The van der Waals surface area contributed by atoms with Crippen LogP contribution in [0.3, 0.4) is 0 Å². The molecule has 1 aromatic carbocycles. The van der Waals surface area contributed by atoms with Gasteiger partial charge in [-0.3, -0.25) is 29.4 Å². The molecule has 6 nitrogen and oxygen atoms in total. The van der Waals surface area contributed by atoms with Gasteiger partial charge in [-0.15, -0.1) is 0 Å². The lowest BCUT2D eigenvalue weighted by molar-refractivity contribution is -0.136. The van der Waals surface area contributed by atoms with Gasteiger partial charge in [0.15, 0.2) is 0 Å². The van der Waals surface area contributed by atoms with E-state index in [-0.39, 0.29) is 24.7 Å². The Morgan fingerprint density at radius 3 is 2.33 bits per heavy atom. The van der Waals surface area contributed by atoms with Crippen LogP contribution in [-0.2, 0) is 9.59 Å². The minimum Gasteiger partial charge on any atom is -0.295 e. The first-order valence-corrected chi connectivity index (χ1v) is 8.16. The molecule has 2 aliphatic rings. The lowest BCUT2D eigenvalue weighted by Gasteiger charge is -2.27. The molecule has 126 valence electrons. The minimum absolute atomic E-state index is 0.124. The first-order valence-electron chi connectivity index (χ1n) is 8.16. The van der Waals surface area contributed by atoms with Gasteiger partial charge in [-0.25, -0.2) is 0 Å². The molecular formula is C18H20N2O4. The second-order valence-corrected chi connectivity index (χ2v) is 6.78. The van der Waals surface area contributed by atoms with Crippen molar-refractivity contribution in [1.82, 2.24) is 10.2 Å². The van der Waals surface area contributed by atoms with E-state index in [2.05, 4.69) is 26.1 Å². The number of nitrogens with one attached hydrogen (secondary N) is 1. The van der Waals surface area contributed by atoms with E-state index in [1.165, 1.54) is 0 Å². The molecule has 1 fully saturated rings. The molecule has 0 bridgehead atoms. The zero-order chi connectivity index (χ0) is 17.6. The highest BCUT2D eigenvalue weighted by molar-refractivity contribution is 6.23. The molecule has 1 aromatic rings. The number of fused-ring (bicyclic) bond motifs is 1. The van der Waals surface area contributed by atoms with Crippen LogP contribution < -0.4 is 5.32 Å². The number of benzene rings is 1. The molecule has 1 N–H and O–H groups in total. The number of hydrogen-bond donors (Lipinski definition) is 1. The molecule has 0 spiro atoms. The van der Waals surface area contributed by atoms with Gasteiger partial charge in [0.05, 0.1) is 11.1 Å². The standard InChI is InChI=1S/C18H20N2O4/c1-9(2)10(3)11-4-5-12-13(8-11)18(24)20(17(12)23)14-6-7-15(21)19-16(14)22/h4-5,8-10,14H,6-7H2,1-3H3,(H,19,21,22)/t10?,14-/m0/s1. The van der Waals surface area contributed by atoms with Crippen molar-refractivity contribution in [1.29, 1.82) is 0 Å². The molecule has 1 saturated heterocycles. The topological polar surface area (TPSA) is 83.6 Å². The van der Waals surface area contributed by atoms with Crippen LogP contribution >= 0.6 is 0 Å². The molecule has 24 heavy (non-hydrogen) atoms. The van der Waals surface area contributed by atoms with E-state index in [1.807, 2.05) is 6.07 Å². The number of imide groups is 2. The number of carbonyl (C=O) groups excluding carboxylic acids is 4. The number of amides is 4. The summed E-state index contributed by atoms with van der Waals surface area (Å²) in [5.74, 6) is -1.22. The molecule has 2 atom stereocenters. The summed E-state index contributed by atoms with van der Waals surface area (Å²) >= 11 is 0. The Bertz CT molecular complexity index is 753. The van der Waals surface area contributed by atoms with E-state index >= 15 is 0 Å². The molecule has 1 unspecified atom stereocenters. The van der Waals surface area contributed by atoms with Gasteiger partial charge in [0, 0.05) is 6.42 Å². The molecule has 0 aliphatic carbocycles. The number of hydrogen-bond acceptors (Lipinski definition) is 4. The lowest BCUT2D eigenvalue weighted by atomic mass is 9.88. The Balaban J connectivity index is 1.94. The maximum absolute atomic E-state index is 12.7. The summed E-state index contributed by atoms with van der Waals surface area (Å²) in [6.45, 7) is 6.27. The van der Waals surface area contributed by atoms with Gasteiger partial charge in [0.2, 0.25) is 11.8 Å². The van der Waals surface area contributed by atoms with Crippen molar-refractivity contribution in [3.63, 3.8) is 0 Å². The Kier molecular flexibility index (Phi) is 3.99. The van der Waals surface area contributed by atoms with Crippen molar-refractivity contribution in [3.8, 4) is 0 Å². The number of carbonyl (C=O) groups is 4. The maximum Gasteiger partial charge on any atom is 0.262 e. The fraction of sp³-hybridized carbons (Fsp3) is 0.444. The highest BCUT2D eigenvalue weighted by Crippen LogP contribution is 2.31. The van der Waals surface area contributed by atoms with Crippen LogP contribution in [0.15, 0.2) is 18.2 Å². The van der Waals surface area contributed by atoms with Gasteiger partial charge in [0.25, 0.3) is 11.8 Å². The summed E-state index contributed by atoms with van der Waals surface area (Å²) in [6.07, 6.45) is 0.296. The second kappa shape index (κ2) is 5.85. The minimum atomic E-state index is -0.916. The van der Waals surface area contributed by atoms with Gasteiger partial charge in [-0.1, -0.05) is 26.8 Å². The number of rotatable bonds is 3. The number of piperidine rings is 1. The molecule has 2 aliphatic heterocycles. The van der Waals surface area contributed by atoms with Crippen LogP contribution in [0.2, 0.25) is 0 Å². The molecule has 3 rings (SSSR count). The fourth-order valence-corrected chi connectivity index (χ4v) is 3.16. The van der Waals surface area contributed by atoms with Crippen LogP contribution in [0.4, 0.5) is 0 Å². The average Bonchev–Trinajstić information content (AvgIpc) is 2.78. The smallest absolute Gasteiger partial charge is 0.262 e. The lowest BCUT2D eigenvalue weighted by Crippen LogP contribution is -2.54. The van der Waals surface area contributed by atoms with E-state index in [1.54, 1.807) is 12.1 Å². The molecule has 0 aromatic heterocycles. The predicted octanol–water partition coefficient (Wildman–Crippen LogP) is 1.85. The summed E-state index contributed by atoms with van der Waals surface area (Å²) in [4.78, 5) is 49.6. The first-order chi connectivity index (χ1) is 11.3. The zero-order valence-electron chi connectivity index (χ0n) is 14.0. The summed E-state index contributed by atoms with van der Waals surface area (Å²) in [5.41, 5.74) is 1.66. The van der Waals surface area contributed by atoms with E-state index in [9.17, 15) is 19.2 Å². The Morgan fingerprint density at radius 2 is 1.71 bits per heavy atom. The van der Waals surface area contributed by atoms with E-state index < -0.39 is 23.8 Å². The van der Waals surface area contributed by atoms with Crippen molar-refractivity contribution in [2.75, 3.05) is 0 Å². The Hall–Kier alpha value is -2.50. The summed E-state index contributed by atoms with van der Waals surface area (Å²) < 4.78 is 0. The molecule has 4 amide bonds.